The van der Waals surface area contributed by atoms with Gasteiger partial charge in [-0.1, -0.05) is 19.4 Å². The summed E-state index contributed by atoms with van der Waals surface area (Å²) in [6.45, 7) is 3.04. The van der Waals surface area contributed by atoms with Crippen LogP contribution in [0.4, 0.5) is 0 Å². The highest BCUT2D eigenvalue weighted by Crippen LogP contribution is 2.42. The number of aliphatic carboxylic acids is 1. The minimum Gasteiger partial charge on any atom is -0.480 e. The Morgan fingerprint density at radius 1 is 1.24 bits per heavy atom. The molecule has 134 valence electrons. The third kappa shape index (κ3) is 3.38. The highest BCUT2D eigenvalue weighted by atomic mass is 16.4. The maximum Gasteiger partial charge on any atom is 0.326 e. The quantitative estimate of drug-likeness (QED) is 0.857. The van der Waals surface area contributed by atoms with Crippen LogP contribution in [0.15, 0.2) is 24.3 Å². The van der Waals surface area contributed by atoms with Gasteiger partial charge >= 0.3 is 5.97 Å². The molecule has 2 aliphatic rings. The lowest BCUT2D eigenvalue weighted by molar-refractivity contribution is -0.142. The molecule has 2 N–H and O–H groups in total. The van der Waals surface area contributed by atoms with Gasteiger partial charge in [0, 0.05) is 24.2 Å². The number of fused-ring (bicyclic) bond motifs is 1. The topological polar surface area (TPSA) is 86.7 Å². The largest absolute Gasteiger partial charge is 0.480 e. The summed E-state index contributed by atoms with van der Waals surface area (Å²) in [4.78, 5) is 38.2. The van der Waals surface area contributed by atoms with Crippen LogP contribution in [-0.4, -0.2) is 46.9 Å². The van der Waals surface area contributed by atoms with Gasteiger partial charge in [-0.2, -0.15) is 0 Å². The van der Waals surface area contributed by atoms with Crippen LogP contribution in [-0.2, 0) is 4.79 Å². The summed E-state index contributed by atoms with van der Waals surface area (Å²) in [5.74, 6) is -1.12. The van der Waals surface area contributed by atoms with E-state index < -0.39 is 12.0 Å². The predicted molar refractivity (Wildman–Crippen MR) is 92.4 cm³/mol. The van der Waals surface area contributed by atoms with Crippen molar-refractivity contribution < 1.29 is 19.5 Å². The number of nitrogens with one attached hydrogen (secondary N) is 1. The molecular formula is C19H24N2O4. The number of amides is 2. The van der Waals surface area contributed by atoms with Crippen molar-refractivity contribution in [3.63, 3.8) is 0 Å². The van der Waals surface area contributed by atoms with Gasteiger partial charge < -0.3 is 15.3 Å². The van der Waals surface area contributed by atoms with Gasteiger partial charge in [0.1, 0.15) is 6.04 Å². The maximum absolute atomic E-state index is 12.9. The van der Waals surface area contributed by atoms with Gasteiger partial charge in [-0.3, -0.25) is 9.59 Å². The molecule has 1 aromatic carbocycles. The molecule has 3 unspecified atom stereocenters. The number of nitrogens with zero attached hydrogens (tertiary/aromatic N) is 1. The summed E-state index contributed by atoms with van der Waals surface area (Å²) in [6, 6.07) is 5.78. The number of rotatable bonds is 5. The molecule has 1 aliphatic carbocycles. The van der Waals surface area contributed by atoms with Gasteiger partial charge in [0.25, 0.3) is 11.8 Å². The summed E-state index contributed by atoms with van der Waals surface area (Å²) < 4.78 is 0. The summed E-state index contributed by atoms with van der Waals surface area (Å²) in [6.07, 6.45) is 3.72. The molecule has 6 nitrogen and oxygen atoms in total. The van der Waals surface area contributed by atoms with Crippen LogP contribution in [0.1, 0.15) is 53.3 Å². The first-order valence-electron chi connectivity index (χ1n) is 8.95. The Kier molecular flexibility index (Phi) is 5.06. The standard InChI is InChI=1S/C19H24N2O4/c1-2-9-20-17(22)12-5-3-6-13(10-12)18(23)21-11-14-7-4-8-15(14)16(21)19(24)25/h3,5-6,10,14-16H,2,4,7-9,11H2,1H3,(H,20,22)(H,24,25). The van der Waals surface area contributed by atoms with Crippen molar-refractivity contribution in [3.05, 3.63) is 35.4 Å². The van der Waals surface area contributed by atoms with Gasteiger partial charge in [0.15, 0.2) is 0 Å². The number of carboxylic acids is 1. The average molecular weight is 344 g/mol. The van der Waals surface area contributed by atoms with E-state index in [2.05, 4.69) is 5.32 Å². The van der Waals surface area contributed by atoms with Crippen molar-refractivity contribution in [1.29, 1.82) is 0 Å². The van der Waals surface area contributed by atoms with Crippen molar-refractivity contribution in [2.75, 3.05) is 13.1 Å². The number of hydrogen-bond acceptors (Lipinski definition) is 3. The van der Waals surface area contributed by atoms with E-state index in [4.69, 9.17) is 0 Å². The molecule has 2 amide bonds. The summed E-state index contributed by atoms with van der Waals surface area (Å²) in [7, 11) is 0. The number of carbonyl (C=O) groups excluding carboxylic acids is 2. The van der Waals surface area contributed by atoms with E-state index in [0.29, 0.717) is 24.2 Å². The first-order valence-corrected chi connectivity index (χ1v) is 8.95. The SMILES string of the molecule is CCCNC(=O)c1cccc(C(=O)N2CC3CCCC3C2C(=O)O)c1. The highest BCUT2D eigenvalue weighted by molar-refractivity contribution is 6.01. The average Bonchev–Trinajstić information content (AvgIpc) is 3.19. The fourth-order valence-corrected chi connectivity index (χ4v) is 4.13. The molecule has 3 atom stereocenters. The molecule has 25 heavy (non-hydrogen) atoms. The number of carboxylic acid groups (broad SMARTS) is 1. The molecule has 0 bridgehead atoms. The van der Waals surface area contributed by atoms with Crippen molar-refractivity contribution in [2.45, 2.75) is 38.6 Å². The van der Waals surface area contributed by atoms with Crippen LogP contribution in [0.2, 0.25) is 0 Å². The van der Waals surface area contributed by atoms with E-state index in [0.717, 1.165) is 25.7 Å². The van der Waals surface area contributed by atoms with Crippen LogP contribution < -0.4 is 5.32 Å². The fourth-order valence-electron chi connectivity index (χ4n) is 4.13. The Bertz CT molecular complexity index is 688. The van der Waals surface area contributed by atoms with E-state index in [9.17, 15) is 19.5 Å². The van der Waals surface area contributed by atoms with Crippen molar-refractivity contribution >= 4 is 17.8 Å². The van der Waals surface area contributed by atoms with Gasteiger partial charge in [0.2, 0.25) is 0 Å². The molecule has 0 aromatic heterocycles. The second-order valence-electron chi connectivity index (χ2n) is 6.93. The van der Waals surface area contributed by atoms with E-state index in [1.807, 2.05) is 6.92 Å². The maximum atomic E-state index is 12.9. The Hall–Kier alpha value is -2.37. The Labute approximate surface area is 147 Å². The molecule has 1 aliphatic heterocycles. The minimum atomic E-state index is -0.931. The summed E-state index contributed by atoms with van der Waals surface area (Å²) >= 11 is 0. The molecular weight excluding hydrogens is 320 g/mol. The molecule has 1 heterocycles. The molecule has 0 spiro atoms. The van der Waals surface area contributed by atoms with Gasteiger partial charge in [-0.15, -0.1) is 0 Å². The molecule has 0 radical (unpaired) electrons. The van der Waals surface area contributed by atoms with Crippen LogP contribution in [0, 0.1) is 11.8 Å². The molecule has 3 rings (SSSR count). The third-order valence-electron chi connectivity index (χ3n) is 5.31. The van der Waals surface area contributed by atoms with Crippen molar-refractivity contribution in [3.8, 4) is 0 Å². The number of benzene rings is 1. The van der Waals surface area contributed by atoms with Gasteiger partial charge in [0.05, 0.1) is 0 Å². The second-order valence-corrected chi connectivity index (χ2v) is 6.93. The van der Waals surface area contributed by atoms with Crippen molar-refractivity contribution in [1.82, 2.24) is 10.2 Å². The fraction of sp³-hybridized carbons (Fsp3) is 0.526. The first-order chi connectivity index (χ1) is 12.0. The van der Waals surface area contributed by atoms with E-state index in [1.165, 1.54) is 4.90 Å². The summed E-state index contributed by atoms with van der Waals surface area (Å²) in [5, 5.41) is 12.4. The first kappa shape index (κ1) is 17.5. The van der Waals surface area contributed by atoms with Gasteiger partial charge in [-0.05, 0) is 49.3 Å². The third-order valence-corrected chi connectivity index (χ3v) is 5.31. The number of carbonyl (C=O) groups is 3. The smallest absolute Gasteiger partial charge is 0.326 e. The van der Waals surface area contributed by atoms with Gasteiger partial charge in [-0.25, -0.2) is 4.79 Å². The Morgan fingerprint density at radius 3 is 2.72 bits per heavy atom. The lowest BCUT2D eigenvalue weighted by atomic mass is 9.94. The normalized spacial score (nSPS) is 24.8. The second kappa shape index (κ2) is 7.25. The lowest BCUT2D eigenvalue weighted by Crippen LogP contribution is -2.43. The zero-order valence-corrected chi connectivity index (χ0v) is 14.4. The van der Waals surface area contributed by atoms with Crippen LogP contribution in [0.25, 0.3) is 0 Å². The number of hydrogen-bond donors (Lipinski definition) is 2. The Morgan fingerprint density at radius 2 is 2.00 bits per heavy atom. The highest BCUT2D eigenvalue weighted by Gasteiger charge is 2.49. The Balaban J connectivity index is 1.81. The summed E-state index contributed by atoms with van der Waals surface area (Å²) in [5.41, 5.74) is 0.793. The van der Waals surface area contributed by atoms with Crippen LogP contribution >= 0.6 is 0 Å². The number of likely N-dealkylation sites (tertiary alicyclic amines) is 1. The van der Waals surface area contributed by atoms with Crippen molar-refractivity contribution in [2.24, 2.45) is 11.8 Å². The zero-order valence-electron chi connectivity index (χ0n) is 14.4. The molecule has 1 saturated carbocycles. The predicted octanol–water partition coefficient (Wildman–Crippen LogP) is 2.15. The monoisotopic (exact) mass is 344 g/mol. The van der Waals surface area contributed by atoms with Crippen LogP contribution in [0.5, 0.6) is 0 Å². The molecule has 1 saturated heterocycles. The van der Waals surface area contributed by atoms with E-state index in [1.54, 1.807) is 24.3 Å². The van der Waals surface area contributed by atoms with Crippen LogP contribution in [0.3, 0.4) is 0 Å². The lowest BCUT2D eigenvalue weighted by Gasteiger charge is -2.24. The minimum absolute atomic E-state index is 0.0532. The zero-order chi connectivity index (χ0) is 18.0. The van der Waals surface area contributed by atoms with E-state index in [-0.39, 0.29) is 23.7 Å². The molecule has 1 aromatic rings. The molecule has 6 heteroatoms. The van der Waals surface area contributed by atoms with E-state index >= 15 is 0 Å². The molecule has 2 fully saturated rings.